The van der Waals surface area contributed by atoms with Crippen LogP contribution in [-0.2, 0) is 6.54 Å². The fourth-order valence-electron chi connectivity index (χ4n) is 5.50. The maximum atomic E-state index is 6.45. The number of ether oxygens (including phenoxy) is 5. The second-order valence-electron chi connectivity index (χ2n) is 11.1. The first-order valence-electron chi connectivity index (χ1n) is 16.1. The first-order chi connectivity index (χ1) is 24.0. The molecule has 0 fully saturated rings. The van der Waals surface area contributed by atoms with Gasteiger partial charge in [-0.05, 0) is 78.7 Å². The van der Waals surface area contributed by atoms with Gasteiger partial charge in [-0.3, -0.25) is 4.57 Å². The molecule has 9 heteroatoms. The first-order valence-corrected chi connectivity index (χ1v) is 16.1. The van der Waals surface area contributed by atoms with Crippen LogP contribution in [0.3, 0.4) is 0 Å². The van der Waals surface area contributed by atoms with Crippen molar-refractivity contribution in [3.8, 4) is 28.7 Å². The Hall–Kier alpha value is -5.79. The molecule has 5 aromatic rings. The number of benzene rings is 4. The third-order valence-electron chi connectivity index (χ3n) is 8.09. The van der Waals surface area contributed by atoms with Crippen LogP contribution in [0.25, 0.3) is 11.8 Å². The number of hydrogen-bond acceptors (Lipinski definition) is 8. The summed E-state index contributed by atoms with van der Waals surface area (Å²) in [5, 5.41) is 0.712. The molecule has 0 bridgehead atoms. The molecule has 9 nitrogen and oxygen atoms in total. The van der Waals surface area contributed by atoms with E-state index >= 15 is 0 Å². The van der Waals surface area contributed by atoms with Gasteiger partial charge in [0.15, 0.2) is 22.6 Å². The van der Waals surface area contributed by atoms with Gasteiger partial charge >= 0.3 is 5.68 Å². The number of anilines is 3. The SMILES string of the molecule is C=C=c1/c(=C\c2ccc(N(c3ccc(OC)cc3)c3ccc(OC)cc3)cc2)oc(=Nc2c(OC)cc(OC)cc2OC)n1CCCCC. The van der Waals surface area contributed by atoms with Gasteiger partial charge in [-0.15, -0.1) is 0 Å². The highest BCUT2D eigenvalue weighted by molar-refractivity contribution is 5.77. The molecule has 0 amide bonds. The molecular weight excluding hydrogens is 618 g/mol. The second kappa shape index (κ2) is 16.4. The van der Waals surface area contributed by atoms with Crippen molar-refractivity contribution in [2.45, 2.75) is 32.7 Å². The summed E-state index contributed by atoms with van der Waals surface area (Å²) in [5.41, 5.74) is 8.46. The maximum absolute atomic E-state index is 6.45. The number of aromatic nitrogens is 1. The summed E-state index contributed by atoms with van der Waals surface area (Å²) in [6.45, 7) is 6.86. The Morgan fingerprint density at radius 3 is 1.67 bits per heavy atom. The molecule has 5 rings (SSSR count). The Labute approximate surface area is 287 Å². The Balaban J connectivity index is 1.61. The monoisotopic (exact) mass is 661 g/mol. The minimum Gasteiger partial charge on any atom is -0.497 e. The van der Waals surface area contributed by atoms with Gasteiger partial charge in [-0.2, -0.15) is 4.99 Å². The topological polar surface area (TPSA) is 79.8 Å². The van der Waals surface area contributed by atoms with Gasteiger partial charge in [0.25, 0.3) is 0 Å². The summed E-state index contributed by atoms with van der Waals surface area (Å²) in [7, 11) is 8.09. The van der Waals surface area contributed by atoms with E-state index in [1.165, 1.54) is 0 Å². The van der Waals surface area contributed by atoms with E-state index in [1.807, 2.05) is 59.2 Å². The van der Waals surface area contributed by atoms with Crippen LogP contribution < -0.4 is 45.0 Å². The van der Waals surface area contributed by atoms with E-state index < -0.39 is 0 Å². The standard InChI is InChI=1S/C40H43N3O6/c1-8-10-11-24-42-35(9-2)36(49-40(42)41-39-37(47-6)26-34(46-5)27-38(39)48-7)25-28-12-14-29(15-13-28)43(30-16-20-32(44-3)21-17-30)31-18-22-33(45-4)23-19-31/h12-23,25-27H,2,8,10-11,24H2,1,3-7H3/b36-25+,41-40?. The fourth-order valence-corrected chi connectivity index (χ4v) is 5.50. The summed E-state index contributed by atoms with van der Waals surface area (Å²) >= 11 is 0. The van der Waals surface area contributed by atoms with Crippen molar-refractivity contribution in [1.29, 1.82) is 0 Å². The predicted molar refractivity (Wildman–Crippen MR) is 194 cm³/mol. The lowest BCUT2D eigenvalue weighted by Gasteiger charge is -2.26. The number of methoxy groups -OCH3 is 5. The Kier molecular flexibility index (Phi) is 11.5. The van der Waals surface area contributed by atoms with Gasteiger partial charge in [-0.25, -0.2) is 0 Å². The molecular formula is C40H43N3O6. The van der Waals surface area contributed by atoms with Crippen LogP contribution in [0.5, 0.6) is 28.7 Å². The van der Waals surface area contributed by atoms with Crippen molar-refractivity contribution in [3.63, 3.8) is 0 Å². The minimum atomic E-state index is 0.386. The van der Waals surface area contributed by atoms with Crippen LogP contribution in [0.1, 0.15) is 31.7 Å². The molecule has 0 aliphatic carbocycles. The van der Waals surface area contributed by atoms with Crippen molar-refractivity contribution < 1.29 is 28.1 Å². The van der Waals surface area contributed by atoms with Crippen LogP contribution in [0.15, 0.2) is 101 Å². The lowest BCUT2D eigenvalue weighted by molar-refractivity contribution is 0.375. The van der Waals surface area contributed by atoms with E-state index in [4.69, 9.17) is 33.1 Å². The molecule has 1 aromatic heterocycles. The van der Waals surface area contributed by atoms with Gasteiger partial charge in [0.05, 0.1) is 35.5 Å². The zero-order valence-electron chi connectivity index (χ0n) is 29.0. The molecule has 254 valence electrons. The number of hydrogen-bond donors (Lipinski definition) is 0. The van der Waals surface area contributed by atoms with Gasteiger partial charge in [-0.1, -0.05) is 44.2 Å². The highest BCUT2D eigenvalue weighted by atomic mass is 16.5. The van der Waals surface area contributed by atoms with Gasteiger partial charge in [0, 0.05) is 35.7 Å². The molecule has 0 radical (unpaired) electrons. The summed E-state index contributed by atoms with van der Waals surface area (Å²) in [6, 6.07) is 27.7. The largest absolute Gasteiger partial charge is 0.497 e. The van der Waals surface area contributed by atoms with E-state index in [0.717, 1.165) is 53.4 Å². The number of unbranched alkanes of at least 4 members (excludes halogenated alkanes) is 2. The summed E-state index contributed by atoms with van der Waals surface area (Å²) < 4.78 is 36.0. The van der Waals surface area contributed by atoms with Crippen LogP contribution in [0, 0.1) is 0 Å². The Morgan fingerprint density at radius 1 is 0.714 bits per heavy atom. The molecule has 0 aliphatic heterocycles. The highest BCUT2D eigenvalue weighted by Crippen LogP contribution is 2.41. The van der Waals surface area contributed by atoms with Crippen molar-refractivity contribution >= 4 is 34.6 Å². The first kappa shape index (κ1) is 34.5. The van der Waals surface area contributed by atoms with E-state index in [0.29, 0.717) is 45.9 Å². The lowest BCUT2D eigenvalue weighted by Crippen LogP contribution is -2.31. The van der Waals surface area contributed by atoms with Crippen molar-refractivity contribution in [1.82, 2.24) is 4.57 Å². The van der Waals surface area contributed by atoms with Crippen molar-refractivity contribution in [2.75, 3.05) is 40.4 Å². The lowest BCUT2D eigenvalue weighted by atomic mass is 10.1. The zero-order chi connectivity index (χ0) is 34.8. The van der Waals surface area contributed by atoms with Gasteiger partial charge in [0.1, 0.15) is 22.6 Å². The molecule has 0 aliphatic rings. The molecule has 0 spiro atoms. The molecule has 0 atom stereocenters. The number of oxazole rings is 1. The zero-order valence-corrected chi connectivity index (χ0v) is 29.0. The average Bonchev–Trinajstić information content (AvgIpc) is 3.47. The molecule has 1 heterocycles. The number of nitrogens with zero attached hydrogens (tertiary/aromatic N) is 3. The van der Waals surface area contributed by atoms with Gasteiger partial charge in [0.2, 0.25) is 0 Å². The van der Waals surface area contributed by atoms with Crippen LogP contribution in [-0.4, -0.2) is 40.1 Å². The van der Waals surface area contributed by atoms with Crippen LogP contribution >= 0.6 is 0 Å². The van der Waals surface area contributed by atoms with E-state index in [9.17, 15) is 0 Å². The molecule has 49 heavy (non-hydrogen) atoms. The molecule has 0 unspecified atom stereocenters. The van der Waals surface area contributed by atoms with Gasteiger partial charge < -0.3 is 33.0 Å². The van der Waals surface area contributed by atoms with E-state index in [-0.39, 0.29) is 0 Å². The maximum Gasteiger partial charge on any atom is 0.303 e. The van der Waals surface area contributed by atoms with Crippen LogP contribution in [0.4, 0.5) is 22.7 Å². The molecule has 0 saturated carbocycles. The summed E-state index contributed by atoms with van der Waals surface area (Å²) in [4.78, 5) is 7.09. The molecule has 0 saturated heterocycles. The van der Waals surface area contributed by atoms with E-state index in [2.05, 4.69) is 48.4 Å². The van der Waals surface area contributed by atoms with Crippen LogP contribution in [0.2, 0.25) is 0 Å². The smallest absolute Gasteiger partial charge is 0.303 e. The average molecular weight is 662 g/mol. The summed E-state index contributed by atoms with van der Waals surface area (Å²) in [6.07, 6.45) is 5.05. The fraction of sp³-hybridized carbons (Fsp3) is 0.250. The second-order valence-corrected chi connectivity index (χ2v) is 11.1. The highest BCUT2D eigenvalue weighted by Gasteiger charge is 2.16. The molecule has 4 aromatic carbocycles. The quantitative estimate of drug-likeness (QED) is 0.115. The van der Waals surface area contributed by atoms with Crippen molar-refractivity contribution in [2.24, 2.45) is 4.99 Å². The Bertz CT molecular complexity index is 1980. The normalized spacial score (nSPS) is 11.6. The summed E-state index contributed by atoms with van der Waals surface area (Å²) in [5.74, 6) is 3.17. The minimum absolute atomic E-state index is 0.386. The Morgan fingerprint density at radius 2 is 1.22 bits per heavy atom. The molecule has 0 N–H and O–H groups in total. The third-order valence-corrected chi connectivity index (χ3v) is 8.09. The predicted octanol–water partition coefficient (Wildman–Crippen LogP) is 7.41. The number of rotatable bonds is 14. The third kappa shape index (κ3) is 7.86. The van der Waals surface area contributed by atoms with Crippen molar-refractivity contribution in [3.05, 3.63) is 114 Å². The van der Waals surface area contributed by atoms with E-state index in [1.54, 1.807) is 47.7 Å².